The molecule has 2 atom stereocenters. The van der Waals surface area contributed by atoms with Gasteiger partial charge in [0, 0.05) is 30.3 Å². The lowest BCUT2D eigenvalue weighted by atomic mass is 9.95. The van der Waals surface area contributed by atoms with Gasteiger partial charge >= 0.3 is 18.0 Å². The second-order valence-corrected chi connectivity index (χ2v) is 6.58. The molecule has 0 aliphatic carbocycles. The highest BCUT2D eigenvalue weighted by Crippen LogP contribution is 2.34. The minimum absolute atomic E-state index is 0.0437. The van der Waals surface area contributed by atoms with Crippen molar-refractivity contribution in [3.05, 3.63) is 53.1 Å². The predicted molar refractivity (Wildman–Crippen MR) is 98.2 cm³/mol. The summed E-state index contributed by atoms with van der Waals surface area (Å²) < 4.78 is 37.2. The zero-order valence-electron chi connectivity index (χ0n) is 16.3. The van der Waals surface area contributed by atoms with Gasteiger partial charge < -0.3 is 24.7 Å². The molecule has 2 aromatic rings. The maximum absolute atomic E-state index is 14.6. The van der Waals surface area contributed by atoms with Crippen molar-refractivity contribution in [3.8, 4) is 0 Å². The number of esters is 2. The first-order chi connectivity index (χ1) is 14.3. The SMILES string of the molecule is COC(=O)C[C@@H](NC(=O)N1CCc2[nH]cnc2[C@@H]1c1ccc(F)cc1F)C(=O)OC. The molecule has 1 aliphatic rings. The fourth-order valence-corrected chi connectivity index (χ4v) is 3.35. The second-order valence-electron chi connectivity index (χ2n) is 6.58. The van der Waals surface area contributed by atoms with E-state index in [1.165, 1.54) is 17.3 Å². The van der Waals surface area contributed by atoms with Gasteiger partial charge in [0.1, 0.15) is 23.7 Å². The quantitative estimate of drug-likeness (QED) is 0.705. The van der Waals surface area contributed by atoms with E-state index in [0.29, 0.717) is 17.8 Å². The number of fused-ring (bicyclic) bond motifs is 1. The summed E-state index contributed by atoms with van der Waals surface area (Å²) in [6.45, 7) is 0.161. The number of nitrogens with zero attached hydrogens (tertiary/aromatic N) is 2. The third-order valence-corrected chi connectivity index (χ3v) is 4.82. The summed E-state index contributed by atoms with van der Waals surface area (Å²) in [5.74, 6) is -3.15. The number of amides is 2. The van der Waals surface area contributed by atoms with Gasteiger partial charge in [-0.15, -0.1) is 0 Å². The minimum atomic E-state index is -1.30. The van der Waals surface area contributed by atoms with Crippen LogP contribution in [0, 0.1) is 11.6 Å². The molecule has 0 unspecified atom stereocenters. The van der Waals surface area contributed by atoms with E-state index in [1.807, 2.05) is 0 Å². The van der Waals surface area contributed by atoms with Crippen LogP contribution in [0.25, 0.3) is 0 Å². The third kappa shape index (κ3) is 4.24. The minimum Gasteiger partial charge on any atom is -0.469 e. The molecular weight excluding hydrogens is 402 g/mol. The fourth-order valence-electron chi connectivity index (χ4n) is 3.35. The van der Waals surface area contributed by atoms with Gasteiger partial charge in [0.05, 0.1) is 32.7 Å². The molecule has 2 N–H and O–H groups in total. The lowest BCUT2D eigenvalue weighted by Crippen LogP contribution is -2.52. The van der Waals surface area contributed by atoms with Crippen molar-refractivity contribution >= 4 is 18.0 Å². The predicted octanol–water partition coefficient (Wildman–Crippen LogP) is 1.45. The topological polar surface area (TPSA) is 114 Å². The Labute approximate surface area is 170 Å². The molecule has 2 amide bonds. The van der Waals surface area contributed by atoms with Crippen molar-refractivity contribution in [2.75, 3.05) is 20.8 Å². The largest absolute Gasteiger partial charge is 0.469 e. The molecule has 2 heterocycles. The molecule has 30 heavy (non-hydrogen) atoms. The zero-order chi connectivity index (χ0) is 21.8. The number of carbonyl (C=O) groups excluding carboxylic acids is 3. The maximum atomic E-state index is 14.6. The van der Waals surface area contributed by atoms with E-state index in [9.17, 15) is 23.2 Å². The van der Waals surface area contributed by atoms with Crippen LogP contribution in [0.2, 0.25) is 0 Å². The normalized spacial score (nSPS) is 16.4. The van der Waals surface area contributed by atoms with E-state index in [1.54, 1.807) is 0 Å². The molecule has 1 aromatic heterocycles. The smallest absolute Gasteiger partial charge is 0.329 e. The summed E-state index contributed by atoms with van der Waals surface area (Å²) in [5, 5.41) is 2.43. The number of ether oxygens (including phenoxy) is 2. The van der Waals surface area contributed by atoms with Crippen LogP contribution in [-0.2, 0) is 25.5 Å². The number of nitrogens with one attached hydrogen (secondary N) is 2. The maximum Gasteiger partial charge on any atom is 0.329 e. The number of halogens is 2. The van der Waals surface area contributed by atoms with Crippen LogP contribution in [0.3, 0.4) is 0 Å². The monoisotopic (exact) mass is 422 g/mol. The number of rotatable bonds is 5. The Morgan fingerprint density at radius 1 is 1.30 bits per heavy atom. The fraction of sp³-hybridized carbons (Fsp3) is 0.368. The Morgan fingerprint density at radius 2 is 2.07 bits per heavy atom. The summed E-state index contributed by atoms with van der Waals surface area (Å²) in [7, 11) is 2.27. The van der Waals surface area contributed by atoms with Crippen molar-refractivity contribution in [3.63, 3.8) is 0 Å². The van der Waals surface area contributed by atoms with Gasteiger partial charge in [-0.25, -0.2) is 23.4 Å². The summed E-state index contributed by atoms with van der Waals surface area (Å²) >= 11 is 0. The summed E-state index contributed by atoms with van der Waals surface area (Å²) in [5.41, 5.74) is 1.17. The van der Waals surface area contributed by atoms with Gasteiger partial charge in [-0.2, -0.15) is 0 Å². The molecule has 11 heteroatoms. The first-order valence-corrected chi connectivity index (χ1v) is 9.04. The van der Waals surface area contributed by atoms with Crippen molar-refractivity contribution in [1.29, 1.82) is 0 Å². The van der Waals surface area contributed by atoms with E-state index in [4.69, 9.17) is 0 Å². The van der Waals surface area contributed by atoms with E-state index >= 15 is 0 Å². The highest BCUT2D eigenvalue weighted by molar-refractivity contribution is 5.87. The lowest BCUT2D eigenvalue weighted by Gasteiger charge is -2.36. The van der Waals surface area contributed by atoms with Crippen LogP contribution in [0.5, 0.6) is 0 Å². The summed E-state index contributed by atoms with van der Waals surface area (Å²) in [6.07, 6.45) is 1.39. The van der Waals surface area contributed by atoms with Gasteiger partial charge in [0.2, 0.25) is 0 Å². The lowest BCUT2D eigenvalue weighted by molar-refractivity contribution is -0.149. The molecule has 0 bridgehead atoms. The Morgan fingerprint density at radius 3 is 2.73 bits per heavy atom. The highest BCUT2D eigenvalue weighted by Gasteiger charge is 2.37. The first-order valence-electron chi connectivity index (χ1n) is 9.04. The van der Waals surface area contributed by atoms with Gasteiger partial charge in [0.15, 0.2) is 0 Å². The first kappa shape index (κ1) is 21.2. The van der Waals surface area contributed by atoms with Crippen molar-refractivity contribution < 1.29 is 32.6 Å². The molecule has 9 nitrogen and oxygen atoms in total. The van der Waals surface area contributed by atoms with Crippen LogP contribution in [0.1, 0.15) is 29.4 Å². The molecular formula is C19H20F2N4O5. The molecule has 3 rings (SSSR count). The van der Waals surface area contributed by atoms with Crippen LogP contribution in [0.15, 0.2) is 24.5 Å². The zero-order valence-corrected chi connectivity index (χ0v) is 16.3. The number of H-pyrrole nitrogens is 1. The molecule has 0 spiro atoms. The van der Waals surface area contributed by atoms with E-state index < -0.39 is 48.1 Å². The molecule has 0 radical (unpaired) electrons. The van der Waals surface area contributed by atoms with Gasteiger partial charge in [-0.3, -0.25) is 4.79 Å². The summed E-state index contributed by atoms with van der Waals surface area (Å²) in [4.78, 5) is 45.0. The number of methoxy groups -OCH3 is 2. The number of urea groups is 1. The van der Waals surface area contributed by atoms with E-state index in [2.05, 4.69) is 24.8 Å². The average molecular weight is 422 g/mol. The van der Waals surface area contributed by atoms with Crippen LogP contribution in [0.4, 0.5) is 13.6 Å². The number of aromatic nitrogens is 2. The number of hydrogen-bond acceptors (Lipinski definition) is 6. The molecule has 0 fully saturated rings. The Kier molecular flexibility index (Phi) is 6.28. The standard InChI is InChI=1S/C19H20F2N4O5/c1-29-15(26)8-14(18(27)30-2)24-19(28)25-6-5-13-16(23-9-22-13)17(25)11-4-3-10(20)7-12(11)21/h3-4,7,9,14,17H,5-6,8H2,1-2H3,(H,22,23)(H,24,28)/t14-,17+/m1/s1. The summed E-state index contributed by atoms with van der Waals surface area (Å²) in [6, 6.07) is 0.0547. The van der Waals surface area contributed by atoms with Gasteiger partial charge in [-0.1, -0.05) is 6.07 Å². The Hall–Kier alpha value is -3.50. The van der Waals surface area contributed by atoms with E-state index in [-0.39, 0.29) is 12.1 Å². The third-order valence-electron chi connectivity index (χ3n) is 4.82. The number of carbonyl (C=O) groups is 3. The number of imidazole rings is 1. The number of aromatic amines is 1. The molecule has 160 valence electrons. The molecule has 0 saturated carbocycles. The van der Waals surface area contributed by atoms with Crippen molar-refractivity contribution in [2.45, 2.75) is 24.9 Å². The number of hydrogen-bond donors (Lipinski definition) is 2. The molecule has 1 aromatic carbocycles. The van der Waals surface area contributed by atoms with Crippen molar-refractivity contribution in [1.82, 2.24) is 20.2 Å². The molecule has 0 saturated heterocycles. The van der Waals surface area contributed by atoms with Gasteiger partial charge in [-0.05, 0) is 6.07 Å². The Balaban J connectivity index is 1.93. The molecule has 1 aliphatic heterocycles. The van der Waals surface area contributed by atoms with Crippen LogP contribution in [-0.4, -0.2) is 59.6 Å². The van der Waals surface area contributed by atoms with Crippen LogP contribution >= 0.6 is 0 Å². The van der Waals surface area contributed by atoms with Crippen molar-refractivity contribution in [2.24, 2.45) is 0 Å². The second kappa shape index (κ2) is 8.89. The number of benzene rings is 1. The van der Waals surface area contributed by atoms with E-state index in [0.717, 1.165) is 26.4 Å². The average Bonchev–Trinajstić information content (AvgIpc) is 3.21. The van der Waals surface area contributed by atoms with Gasteiger partial charge in [0.25, 0.3) is 0 Å². The highest BCUT2D eigenvalue weighted by atomic mass is 19.1. The van der Waals surface area contributed by atoms with Crippen LogP contribution < -0.4 is 5.32 Å². The Bertz CT molecular complexity index is 964.